The van der Waals surface area contributed by atoms with Crippen molar-refractivity contribution >= 4 is 29.9 Å². The van der Waals surface area contributed by atoms with Gasteiger partial charge in [-0.1, -0.05) is 37.5 Å². The lowest BCUT2D eigenvalue weighted by molar-refractivity contribution is 0.0277. The van der Waals surface area contributed by atoms with Crippen molar-refractivity contribution in [2.45, 2.75) is 51.2 Å². The molecule has 0 unspecified atom stereocenters. The van der Waals surface area contributed by atoms with Gasteiger partial charge in [0.1, 0.15) is 5.75 Å². The Kier molecular flexibility index (Phi) is 14.1. The van der Waals surface area contributed by atoms with Crippen LogP contribution in [0, 0.1) is 0 Å². The third-order valence-corrected chi connectivity index (χ3v) is 4.73. The van der Waals surface area contributed by atoms with Crippen molar-refractivity contribution in [2.75, 3.05) is 40.5 Å². The lowest BCUT2D eigenvalue weighted by atomic mass is 9.98. The summed E-state index contributed by atoms with van der Waals surface area (Å²) in [6.07, 6.45) is 7.93. The highest BCUT2D eigenvalue weighted by Gasteiger charge is 2.12. The van der Waals surface area contributed by atoms with Crippen LogP contribution in [0.2, 0.25) is 0 Å². The van der Waals surface area contributed by atoms with E-state index in [1.54, 1.807) is 14.2 Å². The molecule has 0 amide bonds. The SMILES string of the molecule is CN=C(NCCCOC1CCCCC1)NCCOCc1ccccc1OC.I. The number of benzene rings is 1. The molecule has 1 aromatic rings. The lowest BCUT2D eigenvalue weighted by Crippen LogP contribution is -2.39. The van der Waals surface area contributed by atoms with Crippen molar-refractivity contribution < 1.29 is 14.2 Å². The smallest absolute Gasteiger partial charge is 0.191 e. The van der Waals surface area contributed by atoms with Gasteiger partial charge in [0, 0.05) is 32.3 Å². The van der Waals surface area contributed by atoms with Gasteiger partial charge < -0.3 is 24.8 Å². The average molecular weight is 505 g/mol. The van der Waals surface area contributed by atoms with E-state index in [0.29, 0.717) is 25.9 Å². The van der Waals surface area contributed by atoms with Gasteiger partial charge in [-0.2, -0.15) is 0 Å². The van der Waals surface area contributed by atoms with Gasteiger partial charge in [-0.05, 0) is 25.3 Å². The first-order chi connectivity index (χ1) is 13.3. The van der Waals surface area contributed by atoms with Crippen molar-refractivity contribution in [2.24, 2.45) is 4.99 Å². The molecule has 2 N–H and O–H groups in total. The van der Waals surface area contributed by atoms with Crippen molar-refractivity contribution in [3.63, 3.8) is 0 Å². The summed E-state index contributed by atoms with van der Waals surface area (Å²) in [7, 11) is 3.46. The van der Waals surface area contributed by atoms with E-state index in [0.717, 1.165) is 36.8 Å². The molecule has 1 aliphatic rings. The predicted octanol–water partition coefficient (Wildman–Crippen LogP) is 3.73. The summed E-state index contributed by atoms with van der Waals surface area (Å²) in [6, 6.07) is 7.91. The van der Waals surface area contributed by atoms with E-state index in [1.807, 2.05) is 24.3 Å². The molecule has 0 aromatic heterocycles. The Bertz CT molecular complexity index is 551. The summed E-state index contributed by atoms with van der Waals surface area (Å²) in [5.74, 6) is 1.66. The maximum absolute atomic E-state index is 5.94. The number of methoxy groups -OCH3 is 1. The third-order valence-electron chi connectivity index (χ3n) is 4.73. The van der Waals surface area contributed by atoms with E-state index in [9.17, 15) is 0 Å². The van der Waals surface area contributed by atoms with Crippen molar-refractivity contribution in [3.05, 3.63) is 29.8 Å². The second-order valence-electron chi connectivity index (χ2n) is 6.77. The van der Waals surface area contributed by atoms with Crippen LogP contribution in [0.25, 0.3) is 0 Å². The fraction of sp³-hybridized carbons (Fsp3) is 0.667. The Morgan fingerprint density at radius 2 is 1.82 bits per heavy atom. The number of guanidine groups is 1. The highest BCUT2D eigenvalue weighted by molar-refractivity contribution is 14.0. The predicted molar refractivity (Wildman–Crippen MR) is 125 cm³/mol. The van der Waals surface area contributed by atoms with Crippen LogP contribution >= 0.6 is 24.0 Å². The molecule has 7 heteroatoms. The van der Waals surface area contributed by atoms with Gasteiger partial charge in [0.25, 0.3) is 0 Å². The molecule has 0 heterocycles. The molecule has 1 aromatic carbocycles. The molecular formula is C21H36IN3O3. The second kappa shape index (κ2) is 15.8. The van der Waals surface area contributed by atoms with E-state index >= 15 is 0 Å². The first-order valence-electron chi connectivity index (χ1n) is 10.1. The molecule has 0 atom stereocenters. The molecule has 160 valence electrons. The van der Waals surface area contributed by atoms with Gasteiger partial charge in [0.05, 0.1) is 26.4 Å². The Morgan fingerprint density at radius 3 is 2.57 bits per heavy atom. The number of rotatable bonds is 11. The lowest BCUT2D eigenvalue weighted by Gasteiger charge is -2.22. The molecule has 0 bridgehead atoms. The minimum absolute atomic E-state index is 0. The topological polar surface area (TPSA) is 64.1 Å². The summed E-state index contributed by atoms with van der Waals surface area (Å²) in [5.41, 5.74) is 1.06. The van der Waals surface area contributed by atoms with E-state index in [1.165, 1.54) is 32.1 Å². The van der Waals surface area contributed by atoms with Crippen molar-refractivity contribution in [3.8, 4) is 5.75 Å². The van der Waals surface area contributed by atoms with Crippen LogP contribution < -0.4 is 15.4 Å². The number of aliphatic imine (C=N–C) groups is 1. The number of hydrogen-bond donors (Lipinski definition) is 2. The maximum atomic E-state index is 5.94. The Hall–Kier alpha value is -1.06. The van der Waals surface area contributed by atoms with E-state index in [4.69, 9.17) is 14.2 Å². The summed E-state index contributed by atoms with van der Waals surface area (Å²) in [4.78, 5) is 4.24. The van der Waals surface area contributed by atoms with Crippen LogP contribution in [0.3, 0.4) is 0 Å². The summed E-state index contributed by atoms with van der Waals surface area (Å²) in [6.45, 7) is 3.51. The average Bonchev–Trinajstić information content (AvgIpc) is 2.72. The standard InChI is InChI=1S/C21H35N3O3.HI/c1-22-21(23-13-8-15-27-19-10-4-3-5-11-19)24-14-16-26-17-18-9-6-7-12-20(18)25-2;/h6-7,9,12,19H,3-5,8,10-11,13-17H2,1-2H3,(H2,22,23,24);1H. The molecule has 0 aliphatic heterocycles. The van der Waals surface area contributed by atoms with E-state index in [2.05, 4.69) is 15.6 Å². The Morgan fingerprint density at radius 1 is 1.07 bits per heavy atom. The highest BCUT2D eigenvalue weighted by Crippen LogP contribution is 2.20. The van der Waals surface area contributed by atoms with Crippen LogP contribution in [-0.2, 0) is 16.1 Å². The second-order valence-corrected chi connectivity index (χ2v) is 6.77. The summed E-state index contributed by atoms with van der Waals surface area (Å²) < 4.78 is 17.0. The molecule has 1 aliphatic carbocycles. The monoisotopic (exact) mass is 505 g/mol. The number of ether oxygens (including phenoxy) is 3. The fourth-order valence-electron chi connectivity index (χ4n) is 3.23. The van der Waals surface area contributed by atoms with Crippen LogP contribution in [0.15, 0.2) is 29.3 Å². The minimum Gasteiger partial charge on any atom is -0.496 e. The van der Waals surface area contributed by atoms with Gasteiger partial charge in [-0.3, -0.25) is 4.99 Å². The van der Waals surface area contributed by atoms with Gasteiger partial charge in [0.15, 0.2) is 5.96 Å². The Balaban J connectivity index is 0.00000392. The molecule has 0 spiro atoms. The maximum Gasteiger partial charge on any atom is 0.191 e. The molecule has 1 fully saturated rings. The molecule has 2 rings (SSSR count). The zero-order valence-electron chi connectivity index (χ0n) is 17.2. The van der Waals surface area contributed by atoms with Crippen LogP contribution in [0.4, 0.5) is 0 Å². The summed E-state index contributed by atoms with van der Waals surface area (Å²) in [5, 5.41) is 6.58. The zero-order chi connectivity index (χ0) is 19.2. The summed E-state index contributed by atoms with van der Waals surface area (Å²) >= 11 is 0. The van der Waals surface area contributed by atoms with Gasteiger partial charge in [-0.25, -0.2) is 0 Å². The fourth-order valence-corrected chi connectivity index (χ4v) is 3.23. The first kappa shape index (κ1) is 25.0. The molecule has 0 saturated heterocycles. The van der Waals surface area contributed by atoms with Crippen LogP contribution in [0.1, 0.15) is 44.1 Å². The van der Waals surface area contributed by atoms with Crippen LogP contribution in [0.5, 0.6) is 5.75 Å². The number of hydrogen-bond acceptors (Lipinski definition) is 4. The van der Waals surface area contributed by atoms with E-state index < -0.39 is 0 Å². The number of para-hydroxylation sites is 1. The quantitative estimate of drug-likeness (QED) is 0.208. The number of nitrogens with one attached hydrogen (secondary N) is 2. The molecule has 28 heavy (non-hydrogen) atoms. The normalized spacial score (nSPS) is 15.0. The van der Waals surface area contributed by atoms with Crippen LogP contribution in [-0.4, -0.2) is 52.5 Å². The van der Waals surface area contributed by atoms with E-state index in [-0.39, 0.29) is 24.0 Å². The largest absolute Gasteiger partial charge is 0.496 e. The molecular weight excluding hydrogens is 469 g/mol. The van der Waals surface area contributed by atoms with Gasteiger partial charge in [0.2, 0.25) is 0 Å². The molecule has 0 radical (unpaired) electrons. The first-order valence-corrected chi connectivity index (χ1v) is 10.1. The molecule has 6 nitrogen and oxygen atoms in total. The number of halogens is 1. The minimum atomic E-state index is 0. The van der Waals surface area contributed by atoms with Gasteiger partial charge >= 0.3 is 0 Å². The highest BCUT2D eigenvalue weighted by atomic mass is 127. The molecule has 1 saturated carbocycles. The third kappa shape index (κ3) is 9.93. The van der Waals surface area contributed by atoms with Gasteiger partial charge in [-0.15, -0.1) is 24.0 Å². The van der Waals surface area contributed by atoms with Crippen molar-refractivity contribution in [1.82, 2.24) is 10.6 Å². The number of nitrogens with zero attached hydrogens (tertiary/aromatic N) is 1. The zero-order valence-corrected chi connectivity index (χ0v) is 19.6. The Labute approximate surface area is 186 Å². The van der Waals surface area contributed by atoms with Crippen molar-refractivity contribution in [1.29, 1.82) is 0 Å².